The maximum atomic E-state index is 12.7. The van der Waals surface area contributed by atoms with E-state index in [9.17, 15) is 14.4 Å². The number of nitrogens with zero attached hydrogens (tertiary/aromatic N) is 2. The minimum Gasteiger partial charge on any atom is -0.468 e. The van der Waals surface area contributed by atoms with E-state index in [-0.39, 0.29) is 25.5 Å². The summed E-state index contributed by atoms with van der Waals surface area (Å²) in [5.74, 6) is -1.59. The molecule has 1 aromatic heterocycles. The van der Waals surface area contributed by atoms with Gasteiger partial charge >= 0.3 is 11.9 Å². The average molecular weight is 411 g/mol. The number of hydrogen-bond donors (Lipinski definition) is 0. The minimum absolute atomic E-state index is 0.00800. The second-order valence-electron chi connectivity index (χ2n) is 5.40. The van der Waals surface area contributed by atoms with Crippen LogP contribution in [0.15, 0.2) is 28.7 Å². The molecule has 2 rings (SSSR count). The number of para-hydroxylation sites is 1. The highest BCUT2D eigenvalue weighted by Crippen LogP contribution is 2.30. The highest BCUT2D eigenvalue weighted by Gasteiger charge is 2.23. The summed E-state index contributed by atoms with van der Waals surface area (Å²) in [6, 6.07) is 7.66. The van der Waals surface area contributed by atoms with E-state index < -0.39 is 11.9 Å². The first-order valence-corrected chi connectivity index (χ1v) is 8.33. The Labute approximate surface area is 153 Å². The van der Waals surface area contributed by atoms with E-state index in [0.29, 0.717) is 0 Å². The molecule has 1 heterocycles. The van der Waals surface area contributed by atoms with Gasteiger partial charge in [-0.25, -0.2) is 0 Å². The molecule has 1 amide bonds. The largest absolute Gasteiger partial charge is 0.468 e. The van der Waals surface area contributed by atoms with Gasteiger partial charge in [0.25, 0.3) is 0 Å². The lowest BCUT2D eigenvalue weighted by Gasteiger charge is -2.21. The number of esters is 2. The van der Waals surface area contributed by atoms with Crippen LogP contribution in [0.5, 0.6) is 0 Å². The lowest BCUT2D eigenvalue weighted by Crippen LogP contribution is -2.41. The van der Waals surface area contributed by atoms with Gasteiger partial charge in [-0.3, -0.25) is 14.4 Å². The Morgan fingerprint density at radius 1 is 1.08 bits per heavy atom. The number of carbonyl (C=O) groups is 3. The van der Waals surface area contributed by atoms with E-state index >= 15 is 0 Å². The second kappa shape index (κ2) is 8.15. The predicted octanol–water partition coefficient (Wildman–Crippen LogP) is 1.89. The molecular formula is C17H19BrN2O5. The molecule has 0 fully saturated rings. The molecule has 0 saturated heterocycles. The zero-order valence-electron chi connectivity index (χ0n) is 14.2. The van der Waals surface area contributed by atoms with Crippen molar-refractivity contribution in [2.45, 2.75) is 13.5 Å². The van der Waals surface area contributed by atoms with Gasteiger partial charge in [-0.2, -0.15) is 0 Å². The molecule has 0 atom stereocenters. The summed E-state index contributed by atoms with van der Waals surface area (Å²) in [7, 11) is 2.45. The maximum absolute atomic E-state index is 12.7. The van der Waals surface area contributed by atoms with E-state index in [0.717, 1.165) is 26.0 Å². The van der Waals surface area contributed by atoms with Gasteiger partial charge in [0.15, 0.2) is 0 Å². The summed E-state index contributed by atoms with van der Waals surface area (Å²) < 4.78 is 11.9. The zero-order valence-corrected chi connectivity index (χ0v) is 15.8. The Balaban J connectivity index is 2.30. The highest BCUT2D eigenvalue weighted by molar-refractivity contribution is 9.10. The van der Waals surface area contributed by atoms with Crippen LogP contribution >= 0.6 is 15.9 Å². The Kier molecular flexibility index (Phi) is 6.19. The number of aromatic nitrogens is 1. The summed E-state index contributed by atoms with van der Waals surface area (Å²) in [6.45, 7) is 1.25. The average Bonchev–Trinajstić information content (AvgIpc) is 2.86. The first kappa shape index (κ1) is 19.0. The summed E-state index contributed by atoms with van der Waals surface area (Å²) in [5, 5.41) is 0.986. The Morgan fingerprint density at radius 3 is 2.20 bits per heavy atom. The quantitative estimate of drug-likeness (QED) is 0.679. The predicted molar refractivity (Wildman–Crippen MR) is 95.0 cm³/mol. The number of ether oxygens (including phenoxy) is 2. The molecule has 0 saturated carbocycles. The number of halogens is 1. The molecular weight excluding hydrogens is 392 g/mol. The van der Waals surface area contributed by atoms with Gasteiger partial charge in [-0.1, -0.05) is 18.2 Å². The van der Waals surface area contributed by atoms with Crippen molar-refractivity contribution in [3.8, 4) is 0 Å². The third kappa shape index (κ3) is 4.19. The minimum atomic E-state index is -0.604. The molecule has 7 nitrogen and oxygen atoms in total. The molecule has 0 spiro atoms. The molecule has 0 N–H and O–H groups in total. The van der Waals surface area contributed by atoms with Gasteiger partial charge in [-0.15, -0.1) is 0 Å². The normalized spacial score (nSPS) is 10.6. The molecule has 25 heavy (non-hydrogen) atoms. The van der Waals surface area contributed by atoms with E-state index in [2.05, 4.69) is 25.4 Å². The van der Waals surface area contributed by atoms with E-state index in [1.807, 2.05) is 35.8 Å². The number of fused-ring (bicyclic) bond motifs is 1. The van der Waals surface area contributed by atoms with Gasteiger partial charge in [0.05, 0.1) is 14.2 Å². The molecule has 0 unspecified atom stereocenters. The standard InChI is InChI=1S/C17H19BrN2O5/c1-11-17(18)12-6-4-5-7-13(12)20(11)8-14(21)19(9-15(22)24-2)10-16(23)25-3/h4-7H,8-10H2,1-3H3. The molecule has 0 bridgehead atoms. The van der Waals surface area contributed by atoms with Crippen molar-refractivity contribution in [3.63, 3.8) is 0 Å². The summed E-state index contributed by atoms with van der Waals surface area (Å²) in [6.07, 6.45) is 0. The van der Waals surface area contributed by atoms with Crippen LogP contribution in [0.2, 0.25) is 0 Å². The highest BCUT2D eigenvalue weighted by atomic mass is 79.9. The van der Waals surface area contributed by atoms with Crippen molar-refractivity contribution < 1.29 is 23.9 Å². The van der Waals surface area contributed by atoms with Gasteiger partial charge in [0.2, 0.25) is 5.91 Å². The van der Waals surface area contributed by atoms with Crippen LogP contribution in [0.25, 0.3) is 10.9 Å². The Bertz CT molecular complexity index is 797. The fourth-order valence-corrected chi connectivity index (χ4v) is 3.05. The van der Waals surface area contributed by atoms with Crippen LogP contribution in [-0.4, -0.2) is 54.6 Å². The van der Waals surface area contributed by atoms with Crippen molar-refractivity contribution in [2.24, 2.45) is 0 Å². The Morgan fingerprint density at radius 2 is 1.64 bits per heavy atom. The van der Waals surface area contributed by atoms with E-state index in [1.165, 1.54) is 14.2 Å². The molecule has 1 aromatic carbocycles. The number of benzene rings is 1. The first-order chi connectivity index (χ1) is 11.9. The van der Waals surface area contributed by atoms with Gasteiger partial charge < -0.3 is 18.9 Å². The van der Waals surface area contributed by atoms with Gasteiger partial charge in [0, 0.05) is 21.1 Å². The molecule has 0 aliphatic rings. The lowest BCUT2D eigenvalue weighted by atomic mass is 10.2. The smallest absolute Gasteiger partial charge is 0.325 e. The van der Waals surface area contributed by atoms with Crippen LogP contribution in [0.3, 0.4) is 0 Å². The van der Waals surface area contributed by atoms with Crippen molar-refractivity contribution in [1.29, 1.82) is 0 Å². The molecule has 0 aliphatic carbocycles. The fraction of sp³-hybridized carbons (Fsp3) is 0.353. The first-order valence-electron chi connectivity index (χ1n) is 7.53. The number of amides is 1. The van der Waals surface area contributed by atoms with E-state index in [4.69, 9.17) is 0 Å². The molecule has 8 heteroatoms. The monoisotopic (exact) mass is 410 g/mol. The topological polar surface area (TPSA) is 77.8 Å². The van der Waals surface area contributed by atoms with Crippen molar-refractivity contribution >= 4 is 44.7 Å². The maximum Gasteiger partial charge on any atom is 0.325 e. The molecule has 2 aromatic rings. The number of hydrogen-bond acceptors (Lipinski definition) is 5. The van der Waals surface area contributed by atoms with Crippen LogP contribution in [0, 0.1) is 6.92 Å². The molecule has 134 valence electrons. The van der Waals surface area contributed by atoms with Crippen molar-refractivity contribution in [1.82, 2.24) is 9.47 Å². The second-order valence-corrected chi connectivity index (χ2v) is 6.20. The molecule has 0 aliphatic heterocycles. The third-order valence-corrected chi connectivity index (χ3v) is 4.90. The number of carbonyl (C=O) groups excluding carboxylic acids is 3. The van der Waals surface area contributed by atoms with Crippen molar-refractivity contribution in [2.75, 3.05) is 27.3 Å². The molecule has 0 radical (unpaired) electrons. The fourth-order valence-electron chi connectivity index (χ4n) is 2.50. The number of methoxy groups -OCH3 is 2. The SMILES string of the molecule is COC(=O)CN(CC(=O)OC)C(=O)Cn1c(C)c(Br)c2ccccc21. The lowest BCUT2D eigenvalue weighted by molar-refractivity contribution is -0.152. The van der Waals surface area contributed by atoms with Crippen LogP contribution in [0.4, 0.5) is 0 Å². The van der Waals surface area contributed by atoms with Gasteiger partial charge in [0.1, 0.15) is 19.6 Å². The third-order valence-electron chi connectivity index (χ3n) is 3.90. The van der Waals surface area contributed by atoms with Crippen LogP contribution in [0.1, 0.15) is 5.69 Å². The number of rotatable bonds is 6. The summed E-state index contributed by atoms with van der Waals surface area (Å²) in [5.41, 5.74) is 1.77. The summed E-state index contributed by atoms with van der Waals surface area (Å²) >= 11 is 3.54. The zero-order chi connectivity index (χ0) is 18.6. The Hall–Kier alpha value is -2.35. The van der Waals surface area contributed by atoms with E-state index in [1.54, 1.807) is 0 Å². The van der Waals surface area contributed by atoms with Crippen LogP contribution in [-0.2, 0) is 30.4 Å². The van der Waals surface area contributed by atoms with Crippen molar-refractivity contribution in [3.05, 3.63) is 34.4 Å². The summed E-state index contributed by atoms with van der Waals surface area (Å²) in [4.78, 5) is 36.9. The van der Waals surface area contributed by atoms with Gasteiger partial charge in [-0.05, 0) is 28.9 Å². The van der Waals surface area contributed by atoms with Crippen LogP contribution < -0.4 is 0 Å².